The summed E-state index contributed by atoms with van der Waals surface area (Å²) < 4.78 is 5.28. The molecule has 0 fully saturated rings. The maximum atomic E-state index is 11.6. The molecule has 1 N–H and O–H groups in total. The lowest BCUT2D eigenvalue weighted by atomic mass is 10.1. The van der Waals surface area contributed by atoms with E-state index in [1.165, 1.54) is 4.90 Å². The predicted octanol–water partition coefficient (Wildman–Crippen LogP) is 2.31. The summed E-state index contributed by atoms with van der Waals surface area (Å²) in [6.45, 7) is 3.12. The Bertz CT molecular complexity index is 749. The van der Waals surface area contributed by atoms with Gasteiger partial charge in [0.1, 0.15) is 0 Å². The van der Waals surface area contributed by atoms with Gasteiger partial charge in [-0.15, -0.1) is 0 Å². The molecule has 1 atom stereocenters. The van der Waals surface area contributed by atoms with Crippen LogP contribution in [0.1, 0.15) is 36.6 Å². The number of nitrogens with zero attached hydrogens (tertiary/aromatic N) is 5. The van der Waals surface area contributed by atoms with Gasteiger partial charge in [-0.3, -0.25) is 4.90 Å². The van der Waals surface area contributed by atoms with Crippen molar-refractivity contribution in [3.63, 3.8) is 0 Å². The number of carbonyl (C=O) groups is 1. The van der Waals surface area contributed by atoms with E-state index in [9.17, 15) is 9.90 Å². The SMILES string of the molecule is C[C@H](c1ncccn1)N(Cc1ccc(C2=CCOCC2)nn1)C(=O)O. The van der Waals surface area contributed by atoms with E-state index in [0.717, 1.165) is 17.7 Å². The summed E-state index contributed by atoms with van der Waals surface area (Å²) in [7, 11) is 0. The highest BCUT2D eigenvalue weighted by atomic mass is 16.5. The first-order valence-electron chi connectivity index (χ1n) is 8.01. The molecule has 0 saturated carbocycles. The molecule has 0 unspecified atom stereocenters. The van der Waals surface area contributed by atoms with Gasteiger partial charge in [0.15, 0.2) is 5.82 Å². The Morgan fingerprint density at radius 1 is 1.32 bits per heavy atom. The number of amides is 1. The highest BCUT2D eigenvalue weighted by molar-refractivity contribution is 5.65. The topological polar surface area (TPSA) is 101 Å². The lowest BCUT2D eigenvalue weighted by Gasteiger charge is -2.24. The number of ether oxygens (including phenoxy) is 1. The molecule has 1 aliphatic rings. The molecule has 25 heavy (non-hydrogen) atoms. The van der Waals surface area contributed by atoms with E-state index >= 15 is 0 Å². The van der Waals surface area contributed by atoms with E-state index in [4.69, 9.17) is 4.74 Å². The van der Waals surface area contributed by atoms with Gasteiger partial charge in [-0.2, -0.15) is 10.2 Å². The summed E-state index contributed by atoms with van der Waals surface area (Å²) in [5, 5.41) is 17.9. The van der Waals surface area contributed by atoms with Crippen molar-refractivity contribution in [2.24, 2.45) is 0 Å². The molecule has 8 heteroatoms. The second kappa shape index (κ2) is 7.80. The molecule has 0 radical (unpaired) electrons. The lowest BCUT2D eigenvalue weighted by molar-refractivity contribution is 0.121. The van der Waals surface area contributed by atoms with Gasteiger partial charge in [0.05, 0.1) is 37.2 Å². The number of rotatable bonds is 5. The molecule has 0 saturated heterocycles. The Labute approximate surface area is 145 Å². The van der Waals surface area contributed by atoms with Crippen LogP contribution in [0.25, 0.3) is 5.57 Å². The van der Waals surface area contributed by atoms with Crippen LogP contribution in [0.3, 0.4) is 0 Å². The fourth-order valence-electron chi connectivity index (χ4n) is 2.59. The molecule has 3 heterocycles. The summed E-state index contributed by atoms with van der Waals surface area (Å²) >= 11 is 0. The first-order chi connectivity index (χ1) is 12.1. The van der Waals surface area contributed by atoms with Crippen molar-refractivity contribution in [3.8, 4) is 0 Å². The zero-order valence-corrected chi connectivity index (χ0v) is 13.9. The van der Waals surface area contributed by atoms with Crippen LogP contribution >= 0.6 is 0 Å². The average Bonchev–Trinajstić information content (AvgIpc) is 2.67. The Balaban J connectivity index is 1.74. The third kappa shape index (κ3) is 4.16. The smallest absolute Gasteiger partial charge is 0.408 e. The van der Waals surface area contributed by atoms with Gasteiger partial charge in [-0.25, -0.2) is 14.8 Å². The van der Waals surface area contributed by atoms with Crippen LogP contribution in [-0.4, -0.2) is 49.5 Å². The Hall–Kier alpha value is -2.87. The quantitative estimate of drug-likeness (QED) is 0.890. The predicted molar refractivity (Wildman–Crippen MR) is 89.5 cm³/mol. The van der Waals surface area contributed by atoms with Gasteiger partial charge >= 0.3 is 6.09 Å². The maximum Gasteiger partial charge on any atom is 0.408 e. The molecule has 1 amide bonds. The van der Waals surface area contributed by atoms with Crippen LogP contribution in [0, 0.1) is 0 Å². The molecule has 2 aromatic rings. The number of hydrogen-bond acceptors (Lipinski definition) is 6. The largest absolute Gasteiger partial charge is 0.465 e. The molecule has 8 nitrogen and oxygen atoms in total. The molecule has 130 valence electrons. The van der Waals surface area contributed by atoms with E-state index in [1.54, 1.807) is 31.5 Å². The van der Waals surface area contributed by atoms with Crippen LogP contribution in [0.2, 0.25) is 0 Å². The monoisotopic (exact) mass is 341 g/mol. The first-order valence-corrected chi connectivity index (χ1v) is 8.01. The molecule has 0 aliphatic carbocycles. The van der Waals surface area contributed by atoms with Gasteiger partial charge in [0, 0.05) is 12.4 Å². The van der Waals surface area contributed by atoms with Crippen molar-refractivity contribution in [1.82, 2.24) is 25.1 Å². The van der Waals surface area contributed by atoms with Crippen LogP contribution < -0.4 is 0 Å². The molecule has 2 aromatic heterocycles. The van der Waals surface area contributed by atoms with Crippen LogP contribution in [0.15, 0.2) is 36.7 Å². The zero-order valence-electron chi connectivity index (χ0n) is 13.9. The standard InChI is InChI=1S/C17H19N5O3/c1-12(16-18-7-2-8-19-16)22(17(23)24)11-14-3-4-15(21-20-14)13-5-9-25-10-6-13/h2-5,7-8,12H,6,9-11H2,1H3,(H,23,24)/t12-/m1/s1. The van der Waals surface area contributed by atoms with Gasteiger partial charge in [-0.1, -0.05) is 6.08 Å². The minimum absolute atomic E-state index is 0.115. The molecule has 0 aromatic carbocycles. The highest BCUT2D eigenvalue weighted by Crippen LogP contribution is 2.21. The van der Waals surface area contributed by atoms with Crippen LogP contribution in [-0.2, 0) is 11.3 Å². The van der Waals surface area contributed by atoms with Crippen molar-refractivity contribution in [1.29, 1.82) is 0 Å². The third-order valence-corrected chi connectivity index (χ3v) is 4.02. The van der Waals surface area contributed by atoms with Crippen molar-refractivity contribution >= 4 is 11.7 Å². The van der Waals surface area contributed by atoms with Gasteiger partial charge in [0.25, 0.3) is 0 Å². The minimum Gasteiger partial charge on any atom is -0.465 e. The number of carboxylic acid groups (broad SMARTS) is 1. The van der Waals surface area contributed by atoms with E-state index in [1.807, 2.05) is 12.1 Å². The summed E-state index contributed by atoms with van der Waals surface area (Å²) in [4.78, 5) is 21.1. The van der Waals surface area contributed by atoms with E-state index in [-0.39, 0.29) is 6.54 Å². The molecular weight excluding hydrogens is 322 g/mol. The van der Waals surface area contributed by atoms with Crippen molar-refractivity contribution in [2.75, 3.05) is 13.2 Å². The molecule has 3 rings (SSSR count). The van der Waals surface area contributed by atoms with E-state index < -0.39 is 12.1 Å². The Kier molecular flexibility index (Phi) is 5.30. The second-order valence-corrected chi connectivity index (χ2v) is 5.66. The Morgan fingerprint density at radius 3 is 2.72 bits per heavy atom. The molecule has 1 aliphatic heterocycles. The summed E-state index contributed by atoms with van der Waals surface area (Å²) in [5.74, 6) is 0.446. The number of hydrogen-bond donors (Lipinski definition) is 1. The summed E-state index contributed by atoms with van der Waals surface area (Å²) in [6.07, 6.45) is 4.92. The van der Waals surface area contributed by atoms with Crippen molar-refractivity contribution in [2.45, 2.75) is 25.9 Å². The molecule has 0 spiro atoms. The van der Waals surface area contributed by atoms with Crippen molar-refractivity contribution < 1.29 is 14.6 Å². The second-order valence-electron chi connectivity index (χ2n) is 5.66. The summed E-state index contributed by atoms with van der Waals surface area (Å²) in [6, 6.07) is 4.87. The zero-order chi connectivity index (χ0) is 17.6. The Morgan fingerprint density at radius 2 is 2.12 bits per heavy atom. The fraction of sp³-hybridized carbons (Fsp3) is 0.353. The van der Waals surface area contributed by atoms with Gasteiger partial charge in [-0.05, 0) is 37.1 Å². The first kappa shape index (κ1) is 17.0. The maximum absolute atomic E-state index is 11.6. The van der Waals surface area contributed by atoms with Crippen molar-refractivity contribution in [3.05, 3.63) is 53.9 Å². The van der Waals surface area contributed by atoms with E-state index in [0.29, 0.717) is 24.7 Å². The molecular formula is C17H19N5O3. The van der Waals surface area contributed by atoms with Crippen LogP contribution in [0.4, 0.5) is 4.79 Å². The minimum atomic E-state index is -1.06. The van der Waals surface area contributed by atoms with Gasteiger partial charge < -0.3 is 9.84 Å². The average molecular weight is 341 g/mol. The van der Waals surface area contributed by atoms with Gasteiger partial charge in [0.2, 0.25) is 0 Å². The molecule has 0 bridgehead atoms. The normalized spacial score (nSPS) is 15.3. The lowest BCUT2D eigenvalue weighted by Crippen LogP contribution is -2.33. The highest BCUT2D eigenvalue weighted by Gasteiger charge is 2.23. The summed E-state index contributed by atoms with van der Waals surface area (Å²) in [5.41, 5.74) is 2.47. The van der Waals surface area contributed by atoms with Crippen LogP contribution in [0.5, 0.6) is 0 Å². The number of aromatic nitrogens is 4. The third-order valence-electron chi connectivity index (χ3n) is 4.02. The fourth-order valence-corrected chi connectivity index (χ4v) is 2.59. The van der Waals surface area contributed by atoms with E-state index in [2.05, 4.69) is 20.2 Å².